The third-order valence-corrected chi connectivity index (χ3v) is 5.37. The van der Waals surface area contributed by atoms with Gasteiger partial charge in [-0.3, -0.25) is 4.79 Å². The molecule has 0 aliphatic heterocycles. The van der Waals surface area contributed by atoms with Crippen LogP contribution in [-0.2, 0) is 6.54 Å². The van der Waals surface area contributed by atoms with Crippen LogP contribution in [0.1, 0.15) is 53.1 Å². The first-order valence-electron chi connectivity index (χ1n) is 9.10. The Bertz CT molecular complexity index is 776. The Hall–Kier alpha value is -2.34. The van der Waals surface area contributed by atoms with Crippen LogP contribution in [0, 0.1) is 19.8 Å². The van der Waals surface area contributed by atoms with Crippen LogP contribution >= 0.6 is 0 Å². The van der Waals surface area contributed by atoms with Crippen molar-refractivity contribution in [3.05, 3.63) is 46.9 Å². The summed E-state index contributed by atoms with van der Waals surface area (Å²) in [6.07, 6.45) is 2.83. The van der Waals surface area contributed by atoms with E-state index in [0.717, 1.165) is 23.5 Å². The molecule has 1 atom stereocenters. The number of carbonyl (C=O) groups excluding carboxylic acids is 1. The maximum Gasteiger partial charge on any atom is 0.253 e. The minimum Gasteiger partial charge on any atom is -0.481 e. The summed E-state index contributed by atoms with van der Waals surface area (Å²) in [5.41, 5.74) is 3.69. The zero-order valence-corrected chi connectivity index (χ0v) is 15.8. The Morgan fingerprint density at radius 3 is 2.65 bits per heavy atom. The van der Waals surface area contributed by atoms with Gasteiger partial charge < -0.3 is 19.7 Å². The largest absolute Gasteiger partial charge is 0.481 e. The highest BCUT2D eigenvalue weighted by Gasteiger charge is 2.36. The Morgan fingerprint density at radius 2 is 2.15 bits per heavy atom. The number of nitrogens with zero attached hydrogens (tertiary/aromatic N) is 2. The van der Waals surface area contributed by atoms with Crippen molar-refractivity contribution in [3.63, 3.8) is 0 Å². The monoisotopic (exact) mass is 357 g/mol. The quantitative estimate of drug-likeness (QED) is 0.833. The van der Waals surface area contributed by atoms with Gasteiger partial charge in [-0.05, 0) is 51.2 Å². The first kappa shape index (κ1) is 18.5. The van der Waals surface area contributed by atoms with E-state index in [1.807, 2.05) is 26.0 Å². The number of hydrogen-bond donors (Lipinski definition) is 2. The third kappa shape index (κ3) is 3.46. The van der Waals surface area contributed by atoms with Crippen LogP contribution in [0.15, 0.2) is 24.4 Å². The first-order valence-corrected chi connectivity index (χ1v) is 9.10. The second-order valence-corrected chi connectivity index (χ2v) is 7.00. The molecule has 1 fully saturated rings. The SMILES string of the molecule is CCn1c(C)cc(C(=O)N[C@@H](c2ccc(OC)nc2)C2CC(O)C2)c1C. The van der Waals surface area contributed by atoms with Crippen molar-refractivity contribution in [3.8, 4) is 5.88 Å². The van der Waals surface area contributed by atoms with E-state index in [4.69, 9.17) is 4.74 Å². The van der Waals surface area contributed by atoms with E-state index in [-0.39, 0.29) is 24.0 Å². The zero-order chi connectivity index (χ0) is 18.8. The number of amides is 1. The van der Waals surface area contributed by atoms with Gasteiger partial charge in [-0.2, -0.15) is 0 Å². The van der Waals surface area contributed by atoms with Crippen molar-refractivity contribution in [1.29, 1.82) is 0 Å². The second kappa shape index (κ2) is 7.50. The summed E-state index contributed by atoms with van der Waals surface area (Å²) in [5.74, 6) is 0.665. The van der Waals surface area contributed by atoms with Crippen LogP contribution in [0.4, 0.5) is 0 Å². The minimum absolute atomic E-state index is 0.0833. The number of rotatable bonds is 6. The molecule has 0 saturated heterocycles. The molecular weight excluding hydrogens is 330 g/mol. The number of aryl methyl sites for hydroxylation is 1. The number of ether oxygens (including phenoxy) is 1. The van der Waals surface area contributed by atoms with Crippen LogP contribution in [-0.4, -0.2) is 33.8 Å². The normalized spacial score (nSPS) is 20.3. The fourth-order valence-electron chi connectivity index (χ4n) is 3.81. The Labute approximate surface area is 154 Å². The van der Waals surface area contributed by atoms with E-state index in [1.54, 1.807) is 19.4 Å². The summed E-state index contributed by atoms with van der Waals surface area (Å²) in [7, 11) is 1.58. The first-order chi connectivity index (χ1) is 12.4. The summed E-state index contributed by atoms with van der Waals surface area (Å²) in [6.45, 7) is 6.90. The molecule has 0 radical (unpaired) electrons. The number of methoxy groups -OCH3 is 1. The molecule has 1 aliphatic rings. The fraction of sp³-hybridized carbons (Fsp3) is 0.500. The number of aliphatic hydroxyl groups excluding tert-OH is 1. The molecule has 2 aromatic rings. The highest BCUT2D eigenvalue weighted by Crippen LogP contribution is 2.38. The van der Waals surface area contributed by atoms with Gasteiger partial charge in [-0.25, -0.2) is 4.98 Å². The lowest BCUT2D eigenvalue weighted by molar-refractivity contribution is 0.0234. The summed E-state index contributed by atoms with van der Waals surface area (Å²) in [6, 6.07) is 5.49. The highest BCUT2D eigenvalue weighted by molar-refractivity contribution is 5.96. The number of pyridine rings is 1. The van der Waals surface area contributed by atoms with E-state index in [2.05, 4.69) is 21.8 Å². The van der Waals surface area contributed by atoms with Gasteiger partial charge in [0.25, 0.3) is 5.91 Å². The van der Waals surface area contributed by atoms with Crippen LogP contribution < -0.4 is 10.1 Å². The van der Waals surface area contributed by atoms with E-state index >= 15 is 0 Å². The highest BCUT2D eigenvalue weighted by atomic mass is 16.5. The topological polar surface area (TPSA) is 76.4 Å². The van der Waals surface area contributed by atoms with Crippen molar-refractivity contribution in [2.24, 2.45) is 5.92 Å². The van der Waals surface area contributed by atoms with E-state index < -0.39 is 0 Å². The van der Waals surface area contributed by atoms with Gasteiger partial charge in [-0.15, -0.1) is 0 Å². The van der Waals surface area contributed by atoms with Gasteiger partial charge in [0.2, 0.25) is 5.88 Å². The number of hydrogen-bond acceptors (Lipinski definition) is 4. The van der Waals surface area contributed by atoms with Gasteiger partial charge in [0.15, 0.2) is 0 Å². The average molecular weight is 357 g/mol. The molecule has 0 unspecified atom stereocenters. The van der Waals surface area contributed by atoms with Crippen molar-refractivity contribution in [2.75, 3.05) is 7.11 Å². The second-order valence-electron chi connectivity index (χ2n) is 7.00. The van der Waals surface area contributed by atoms with Crippen LogP contribution in [0.3, 0.4) is 0 Å². The van der Waals surface area contributed by atoms with Crippen molar-refractivity contribution in [1.82, 2.24) is 14.9 Å². The van der Waals surface area contributed by atoms with Gasteiger partial charge in [0, 0.05) is 30.2 Å². The maximum absolute atomic E-state index is 12.9. The smallest absolute Gasteiger partial charge is 0.253 e. The molecule has 26 heavy (non-hydrogen) atoms. The molecule has 2 aromatic heterocycles. The lowest BCUT2D eigenvalue weighted by Gasteiger charge is -2.38. The zero-order valence-electron chi connectivity index (χ0n) is 15.8. The average Bonchev–Trinajstić information content (AvgIpc) is 2.91. The van der Waals surface area contributed by atoms with E-state index in [0.29, 0.717) is 24.3 Å². The van der Waals surface area contributed by atoms with E-state index in [9.17, 15) is 9.90 Å². The summed E-state index contributed by atoms with van der Waals surface area (Å²) >= 11 is 0. The van der Waals surface area contributed by atoms with Gasteiger partial charge in [0.05, 0.1) is 24.8 Å². The number of aliphatic hydroxyl groups is 1. The molecular formula is C20H27N3O3. The number of carbonyl (C=O) groups is 1. The van der Waals surface area contributed by atoms with Gasteiger partial charge in [0.1, 0.15) is 0 Å². The Kier molecular flexibility index (Phi) is 5.32. The molecule has 0 spiro atoms. The van der Waals surface area contributed by atoms with Crippen LogP contribution in [0.5, 0.6) is 5.88 Å². The molecule has 140 valence electrons. The van der Waals surface area contributed by atoms with Crippen molar-refractivity contribution < 1.29 is 14.6 Å². The summed E-state index contributed by atoms with van der Waals surface area (Å²) < 4.78 is 7.25. The molecule has 2 heterocycles. The van der Waals surface area contributed by atoms with Crippen LogP contribution in [0.25, 0.3) is 0 Å². The lowest BCUT2D eigenvalue weighted by atomic mass is 9.75. The maximum atomic E-state index is 12.9. The molecule has 1 aliphatic carbocycles. The Balaban J connectivity index is 1.84. The molecule has 1 saturated carbocycles. The molecule has 2 N–H and O–H groups in total. The molecule has 6 heteroatoms. The van der Waals surface area contributed by atoms with E-state index in [1.165, 1.54) is 0 Å². The lowest BCUT2D eigenvalue weighted by Crippen LogP contribution is -2.41. The predicted octanol–water partition coefficient (Wildman–Crippen LogP) is 2.77. The van der Waals surface area contributed by atoms with Gasteiger partial charge >= 0.3 is 0 Å². The molecule has 6 nitrogen and oxygen atoms in total. The van der Waals surface area contributed by atoms with Crippen molar-refractivity contribution >= 4 is 5.91 Å². The predicted molar refractivity (Wildman–Crippen MR) is 99.3 cm³/mol. The summed E-state index contributed by atoms with van der Waals surface area (Å²) in [5, 5.41) is 12.9. The molecule has 0 bridgehead atoms. The number of nitrogens with one attached hydrogen (secondary N) is 1. The van der Waals surface area contributed by atoms with Crippen LogP contribution in [0.2, 0.25) is 0 Å². The molecule has 1 amide bonds. The van der Waals surface area contributed by atoms with Crippen molar-refractivity contribution in [2.45, 2.75) is 52.3 Å². The molecule has 0 aromatic carbocycles. The standard InChI is InChI=1S/C20H27N3O3/c1-5-23-12(2)8-17(13(23)3)20(25)22-19(15-9-16(24)10-15)14-6-7-18(26-4)21-11-14/h6-8,11,15-16,19,24H,5,9-10H2,1-4H3,(H,22,25)/t15?,16?,19-/m0/s1. The fourth-order valence-corrected chi connectivity index (χ4v) is 3.81. The third-order valence-electron chi connectivity index (χ3n) is 5.37. The summed E-state index contributed by atoms with van der Waals surface area (Å²) in [4.78, 5) is 17.2. The Morgan fingerprint density at radius 1 is 1.42 bits per heavy atom. The van der Waals surface area contributed by atoms with Gasteiger partial charge in [-0.1, -0.05) is 6.07 Å². The minimum atomic E-state index is -0.282. The number of aromatic nitrogens is 2. The molecule has 3 rings (SSSR count).